The molecule has 28 heavy (non-hydrogen) atoms. The number of esters is 1. The van der Waals surface area contributed by atoms with Gasteiger partial charge in [0, 0.05) is 5.56 Å². The normalized spacial score (nSPS) is 23.6. The second-order valence-electron chi connectivity index (χ2n) is 6.53. The van der Waals surface area contributed by atoms with Crippen LogP contribution < -0.4 is 4.90 Å². The zero-order valence-corrected chi connectivity index (χ0v) is 14.9. The van der Waals surface area contributed by atoms with Gasteiger partial charge in [-0.25, -0.2) is 9.69 Å². The summed E-state index contributed by atoms with van der Waals surface area (Å²) >= 11 is 0. The van der Waals surface area contributed by atoms with Crippen LogP contribution in [-0.4, -0.2) is 36.2 Å². The number of methoxy groups -OCH3 is 1. The second-order valence-corrected chi connectivity index (χ2v) is 6.53. The van der Waals surface area contributed by atoms with Crippen molar-refractivity contribution in [1.29, 1.82) is 0 Å². The van der Waals surface area contributed by atoms with E-state index in [0.29, 0.717) is 0 Å². The van der Waals surface area contributed by atoms with E-state index in [9.17, 15) is 32.7 Å². The molecule has 148 valence electrons. The monoisotopic (exact) mass is 395 g/mol. The number of benzene rings is 1. The number of amides is 2. The van der Waals surface area contributed by atoms with Crippen molar-refractivity contribution in [2.75, 3.05) is 12.0 Å². The molecule has 1 aromatic rings. The average molecular weight is 395 g/mol. The number of allylic oxidation sites excluding steroid dienone is 2. The molecular formula is C19H16F3NO5. The molecule has 1 aliphatic carbocycles. The highest BCUT2D eigenvalue weighted by atomic mass is 19.4. The van der Waals surface area contributed by atoms with Gasteiger partial charge in [0.1, 0.15) is 0 Å². The summed E-state index contributed by atoms with van der Waals surface area (Å²) in [4.78, 5) is 37.8. The van der Waals surface area contributed by atoms with Gasteiger partial charge in [-0.15, -0.1) is 0 Å². The first-order chi connectivity index (χ1) is 13.0. The standard InChI is InChI=1S/C19H16F3NO5/c1-10-9-11(18(27,17(26)28-2)19(20,21)22)7-8-14(10)23-15(24)12-5-3-4-6-13(12)16(23)25/h3-9,12-13,27H,1-2H3. The first-order valence-corrected chi connectivity index (χ1v) is 8.25. The number of rotatable bonds is 3. The zero-order valence-electron chi connectivity index (χ0n) is 14.9. The van der Waals surface area contributed by atoms with Gasteiger partial charge in [0.2, 0.25) is 11.8 Å². The van der Waals surface area contributed by atoms with E-state index in [2.05, 4.69) is 4.74 Å². The maximum Gasteiger partial charge on any atom is 0.432 e. The lowest BCUT2D eigenvalue weighted by molar-refractivity contribution is -0.266. The molecule has 0 radical (unpaired) electrons. The van der Waals surface area contributed by atoms with Gasteiger partial charge < -0.3 is 9.84 Å². The van der Waals surface area contributed by atoms with Crippen LogP contribution in [0, 0.1) is 18.8 Å². The molecule has 0 saturated carbocycles. The average Bonchev–Trinajstić information content (AvgIpc) is 2.90. The Morgan fingerprint density at radius 3 is 2.07 bits per heavy atom. The highest BCUT2D eigenvalue weighted by molar-refractivity contribution is 6.23. The third kappa shape index (κ3) is 2.73. The number of fused-ring (bicyclic) bond motifs is 1. The van der Waals surface area contributed by atoms with Gasteiger partial charge in [0.15, 0.2) is 0 Å². The third-order valence-corrected chi connectivity index (χ3v) is 4.89. The number of halogens is 3. The number of aliphatic hydroxyl groups is 1. The summed E-state index contributed by atoms with van der Waals surface area (Å²) in [5, 5.41) is 10.1. The Morgan fingerprint density at radius 1 is 1.11 bits per heavy atom. The first kappa shape index (κ1) is 19.8. The minimum atomic E-state index is -5.34. The van der Waals surface area contributed by atoms with Crippen molar-refractivity contribution in [3.8, 4) is 0 Å². The number of alkyl halides is 3. The van der Waals surface area contributed by atoms with Crippen LogP contribution >= 0.6 is 0 Å². The number of ether oxygens (including phenoxy) is 1. The van der Waals surface area contributed by atoms with Gasteiger partial charge in [-0.1, -0.05) is 36.4 Å². The molecule has 3 unspecified atom stereocenters. The Morgan fingerprint density at radius 2 is 1.64 bits per heavy atom. The van der Waals surface area contributed by atoms with Crippen LogP contribution in [0.3, 0.4) is 0 Å². The molecule has 0 spiro atoms. The van der Waals surface area contributed by atoms with E-state index < -0.39 is 47.0 Å². The molecule has 1 fully saturated rings. The smallest absolute Gasteiger partial charge is 0.432 e. The number of imide groups is 1. The molecular weight excluding hydrogens is 379 g/mol. The molecule has 1 heterocycles. The quantitative estimate of drug-likeness (QED) is 0.626. The fourth-order valence-electron chi connectivity index (χ4n) is 3.40. The van der Waals surface area contributed by atoms with Crippen molar-refractivity contribution in [3.63, 3.8) is 0 Å². The minimum Gasteiger partial charge on any atom is -0.466 e. The Labute approximate surface area is 157 Å². The fourth-order valence-corrected chi connectivity index (χ4v) is 3.40. The Bertz CT molecular complexity index is 891. The van der Waals surface area contributed by atoms with Crippen molar-refractivity contribution in [2.45, 2.75) is 18.7 Å². The molecule has 1 saturated heterocycles. The summed E-state index contributed by atoms with van der Waals surface area (Å²) in [6.07, 6.45) is 1.14. The van der Waals surface area contributed by atoms with E-state index in [1.54, 1.807) is 24.3 Å². The fraction of sp³-hybridized carbons (Fsp3) is 0.316. The molecule has 1 aliphatic heterocycles. The molecule has 3 atom stereocenters. The van der Waals surface area contributed by atoms with E-state index in [1.165, 1.54) is 6.92 Å². The number of carbonyl (C=O) groups is 3. The number of anilines is 1. The topological polar surface area (TPSA) is 83.9 Å². The van der Waals surface area contributed by atoms with Crippen LogP contribution in [0.2, 0.25) is 0 Å². The highest BCUT2D eigenvalue weighted by Gasteiger charge is 2.62. The molecule has 2 aliphatic rings. The van der Waals surface area contributed by atoms with Gasteiger partial charge in [-0.05, 0) is 18.6 Å². The van der Waals surface area contributed by atoms with Crippen LogP contribution in [0.5, 0.6) is 0 Å². The van der Waals surface area contributed by atoms with E-state index >= 15 is 0 Å². The van der Waals surface area contributed by atoms with Crippen molar-refractivity contribution in [1.82, 2.24) is 0 Å². The van der Waals surface area contributed by atoms with E-state index in [4.69, 9.17) is 0 Å². The van der Waals surface area contributed by atoms with Crippen molar-refractivity contribution in [2.24, 2.45) is 11.8 Å². The maximum absolute atomic E-state index is 13.4. The van der Waals surface area contributed by atoms with Crippen LogP contribution in [0.25, 0.3) is 0 Å². The van der Waals surface area contributed by atoms with Crippen molar-refractivity contribution in [3.05, 3.63) is 53.6 Å². The second kappa shape index (κ2) is 6.59. The lowest BCUT2D eigenvalue weighted by Crippen LogP contribution is -2.50. The van der Waals surface area contributed by atoms with Gasteiger partial charge in [0.05, 0.1) is 24.6 Å². The highest BCUT2D eigenvalue weighted by Crippen LogP contribution is 2.42. The third-order valence-electron chi connectivity index (χ3n) is 4.89. The molecule has 0 bridgehead atoms. The summed E-state index contributed by atoms with van der Waals surface area (Å²) in [7, 11) is 0.727. The van der Waals surface area contributed by atoms with Crippen LogP contribution in [0.15, 0.2) is 42.5 Å². The summed E-state index contributed by atoms with van der Waals surface area (Å²) < 4.78 is 44.3. The van der Waals surface area contributed by atoms with Gasteiger partial charge in [-0.3, -0.25) is 9.59 Å². The van der Waals surface area contributed by atoms with Gasteiger partial charge >= 0.3 is 12.1 Å². The predicted octanol–water partition coefficient (Wildman–Crippen LogP) is 2.15. The van der Waals surface area contributed by atoms with Gasteiger partial charge in [-0.2, -0.15) is 13.2 Å². The Hall–Kier alpha value is -2.94. The molecule has 2 amide bonds. The molecule has 3 rings (SSSR count). The number of aryl methyl sites for hydroxylation is 1. The largest absolute Gasteiger partial charge is 0.466 e. The molecule has 1 N–H and O–H groups in total. The SMILES string of the molecule is COC(=O)C(O)(c1ccc(N2C(=O)C3C=CC=CC3C2=O)c(C)c1)C(F)(F)F. The lowest BCUT2D eigenvalue weighted by atomic mass is 9.91. The summed E-state index contributed by atoms with van der Waals surface area (Å²) in [6, 6.07) is 2.86. The number of carbonyl (C=O) groups excluding carboxylic acids is 3. The summed E-state index contributed by atoms with van der Waals surface area (Å²) in [5.74, 6) is -4.21. The Kier molecular flexibility index (Phi) is 4.66. The predicted molar refractivity (Wildman–Crippen MR) is 90.9 cm³/mol. The molecule has 6 nitrogen and oxygen atoms in total. The molecule has 0 aromatic heterocycles. The first-order valence-electron chi connectivity index (χ1n) is 8.25. The zero-order chi connectivity index (χ0) is 20.9. The lowest BCUT2D eigenvalue weighted by Gasteiger charge is -2.29. The summed E-state index contributed by atoms with van der Waals surface area (Å²) in [6.45, 7) is 1.38. The van der Waals surface area contributed by atoms with Crippen molar-refractivity contribution < 1.29 is 37.4 Å². The molecule has 1 aromatic carbocycles. The van der Waals surface area contributed by atoms with Crippen molar-refractivity contribution >= 4 is 23.5 Å². The number of nitrogens with zero attached hydrogens (tertiary/aromatic N) is 1. The van der Waals surface area contributed by atoms with Gasteiger partial charge in [0.25, 0.3) is 5.60 Å². The van der Waals surface area contributed by atoms with E-state index in [-0.39, 0.29) is 11.3 Å². The maximum atomic E-state index is 13.4. The van der Waals surface area contributed by atoms with E-state index in [0.717, 1.165) is 30.2 Å². The van der Waals surface area contributed by atoms with E-state index in [1.807, 2.05) is 0 Å². The minimum absolute atomic E-state index is 0.0874. The van der Waals surface area contributed by atoms with Crippen LogP contribution in [-0.2, 0) is 24.7 Å². The van der Waals surface area contributed by atoms with Crippen LogP contribution in [0.4, 0.5) is 18.9 Å². The van der Waals surface area contributed by atoms with Crippen LogP contribution in [0.1, 0.15) is 11.1 Å². The Balaban J connectivity index is 2.05. The molecule has 9 heteroatoms. The summed E-state index contributed by atoms with van der Waals surface area (Å²) in [5.41, 5.74) is -4.45. The number of hydrogen-bond acceptors (Lipinski definition) is 5. The number of hydrogen-bond donors (Lipinski definition) is 1.